The summed E-state index contributed by atoms with van der Waals surface area (Å²) in [6, 6.07) is 15.5. The number of hydrogen-bond donors (Lipinski definition) is 2. The van der Waals surface area contributed by atoms with E-state index in [4.69, 9.17) is 4.74 Å². The Kier molecular flexibility index (Phi) is 6.57. The summed E-state index contributed by atoms with van der Waals surface area (Å²) < 4.78 is 5.45. The van der Waals surface area contributed by atoms with Crippen LogP contribution in [0.1, 0.15) is 36.0 Å². The van der Waals surface area contributed by atoms with Gasteiger partial charge >= 0.3 is 0 Å². The van der Waals surface area contributed by atoms with Crippen molar-refractivity contribution in [2.24, 2.45) is 0 Å². The first-order valence-electron chi connectivity index (χ1n) is 8.28. The van der Waals surface area contributed by atoms with Crippen molar-refractivity contribution in [3.8, 4) is 5.75 Å². The van der Waals surface area contributed by atoms with E-state index in [-0.39, 0.29) is 18.4 Å². The third kappa shape index (κ3) is 6.30. The standard InChI is InChI=1S/C20H24N2O3/c1-14-9-15(2)11-18(10-14)25-13-20(24)22-21-19(23)12-16(3)17-7-5-4-6-8-17/h4-11,16H,12-13H2,1-3H3,(H,21,23)(H,22,24)/t16-/m1/s1. The molecular formula is C20H24N2O3. The van der Waals surface area contributed by atoms with Crippen LogP contribution in [0.4, 0.5) is 0 Å². The number of carbonyl (C=O) groups is 2. The molecule has 132 valence electrons. The van der Waals surface area contributed by atoms with E-state index in [0.717, 1.165) is 16.7 Å². The van der Waals surface area contributed by atoms with Crippen LogP contribution in [0.25, 0.3) is 0 Å². The molecule has 0 aliphatic rings. The molecule has 0 aliphatic heterocycles. The second kappa shape index (κ2) is 8.87. The maximum absolute atomic E-state index is 11.9. The Bertz CT molecular complexity index is 709. The molecule has 0 saturated heterocycles. The summed E-state index contributed by atoms with van der Waals surface area (Å²) in [6.07, 6.45) is 0.294. The highest BCUT2D eigenvalue weighted by molar-refractivity contribution is 5.83. The van der Waals surface area contributed by atoms with Crippen LogP contribution < -0.4 is 15.6 Å². The van der Waals surface area contributed by atoms with Crippen molar-refractivity contribution in [2.75, 3.05) is 6.61 Å². The Balaban J connectivity index is 1.73. The van der Waals surface area contributed by atoms with E-state index < -0.39 is 5.91 Å². The lowest BCUT2D eigenvalue weighted by atomic mass is 9.98. The normalized spacial score (nSPS) is 11.5. The summed E-state index contributed by atoms with van der Waals surface area (Å²) in [5, 5.41) is 0. The van der Waals surface area contributed by atoms with Gasteiger partial charge in [-0.3, -0.25) is 20.4 Å². The molecule has 0 fully saturated rings. The number of hydrazine groups is 1. The van der Waals surface area contributed by atoms with Crippen LogP contribution in [-0.2, 0) is 9.59 Å². The van der Waals surface area contributed by atoms with Crippen LogP contribution in [-0.4, -0.2) is 18.4 Å². The minimum Gasteiger partial charge on any atom is -0.484 e. The van der Waals surface area contributed by atoms with Crippen molar-refractivity contribution in [3.63, 3.8) is 0 Å². The highest BCUT2D eigenvalue weighted by Gasteiger charge is 2.12. The third-order valence-electron chi connectivity index (χ3n) is 3.77. The smallest absolute Gasteiger partial charge is 0.276 e. The molecule has 2 N–H and O–H groups in total. The molecule has 5 heteroatoms. The van der Waals surface area contributed by atoms with Crippen LogP contribution in [0, 0.1) is 13.8 Å². The van der Waals surface area contributed by atoms with Gasteiger partial charge in [0.05, 0.1) is 0 Å². The molecular weight excluding hydrogens is 316 g/mol. The number of carbonyl (C=O) groups excluding carboxylic acids is 2. The number of aryl methyl sites for hydroxylation is 2. The molecule has 2 amide bonds. The van der Waals surface area contributed by atoms with Crippen molar-refractivity contribution < 1.29 is 14.3 Å². The van der Waals surface area contributed by atoms with Gasteiger partial charge in [0.2, 0.25) is 5.91 Å². The fraction of sp³-hybridized carbons (Fsp3) is 0.300. The monoisotopic (exact) mass is 340 g/mol. The molecule has 25 heavy (non-hydrogen) atoms. The summed E-state index contributed by atoms with van der Waals surface area (Å²) >= 11 is 0. The van der Waals surface area contributed by atoms with E-state index in [9.17, 15) is 9.59 Å². The number of rotatable bonds is 6. The van der Waals surface area contributed by atoms with Crippen LogP contribution in [0.15, 0.2) is 48.5 Å². The van der Waals surface area contributed by atoms with Crippen molar-refractivity contribution in [1.82, 2.24) is 10.9 Å². The van der Waals surface area contributed by atoms with Gasteiger partial charge in [-0.05, 0) is 48.6 Å². The molecule has 2 rings (SSSR count). The molecule has 2 aromatic rings. The van der Waals surface area contributed by atoms with E-state index in [2.05, 4.69) is 10.9 Å². The van der Waals surface area contributed by atoms with Gasteiger partial charge in [-0.2, -0.15) is 0 Å². The SMILES string of the molecule is Cc1cc(C)cc(OCC(=O)NNC(=O)C[C@@H](C)c2ccccc2)c1. The average molecular weight is 340 g/mol. The fourth-order valence-corrected chi connectivity index (χ4v) is 2.57. The molecule has 0 aromatic heterocycles. The highest BCUT2D eigenvalue weighted by Crippen LogP contribution is 2.18. The zero-order valence-electron chi connectivity index (χ0n) is 14.8. The summed E-state index contributed by atoms with van der Waals surface area (Å²) in [4.78, 5) is 23.7. The van der Waals surface area contributed by atoms with Crippen LogP contribution in [0.5, 0.6) is 5.75 Å². The van der Waals surface area contributed by atoms with Crippen LogP contribution in [0.2, 0.25) is 0 Å². The lowest BCUT2D eigenvalue weighted by molar-refractivity contribution is -0.130. The van der Waals surface area contributed by atoms with Crippen molar-refractivity contribution in [3.05, 3.63) is 65.2 Å². The molecule has 0 radical (unpaired) electrons. The zero-order valence-corrected chi connectivity index (χ0v) is 14.8. The van der Waals surface area contributed by atoms with Crippen molar-refractivity contribution in [1.29, 1.82) is 0 Å². The van der Waals surface area contributed by atoms with Gasteiger partial charge < -0.3 is 4.74 Å². The van der Waals surface area contributed by atoms with Gasteiger partial charge in [0, 0.05) is 6.42 Å². The largest absolute Gasteiger partial charge is 0.484 e. The molecule has 0 heterocycles. The van der Waals surface area contributed by atoms with E-state index in [1.807, 2.05) is 69.3 Å². The first-order valence-corrected chi connectivity index (χ1v) is 8.28. The maximum Gasteiger partial charge on any atom is 0.276 e. The molecule has 2 aromatic carbocycles. The molecule has 5 nitrogen and oxygen atoms in total. The lowest BCUT2D eigenvalue weighted by Gasteiger charge is -2.13. The molecule has 0 spiro atoms. The number of amides is 2. The number of ether oxygens (including phenoxy) is 1. The van der Waals surface area contributed by atoms with Crippen molar-refractivity contribution in [2.45, 2.75) is 33.1 Å². The average Bonchev–Trinajstić information content (AvgIpc) is 2.58. The Morgan fingerprint density at radius 3 is 2.20 bits per heavy atom. The third-order valence-corrected chi connectivity index (χ3v) is 3.77. The van der Waals surface area contributed by atoms with Gasteiger partial charge in [-0.25, -0.2) is 0 Å². The second-order valence-corrected chi connectivity index (χ2v) is 6.22. The molecule has 0 bridgehead atoms. The van der Waals surface area contributed by atoms with Gasteiger partial charge in [0.15, 0.2) is 6.61 Å². The first-order chi connectivity index (χ1) is 11.9. The Morgan fingerprint density at radius 2 is 1.56 bits per heavy atom. The minimum atomic E-state index is -0.403. The van der Waals surface area contributed by atoms with Gasteiger partial charge in [-0.15, -0.1) is 0 Å². The predicted molar refractivity (Wildman–Crippen MR) is 97.2 cm³/mol. The quantitative estimate of drug-likeness (QED) is 0.794. The highest BCUT2D eigenvalue weighted by atomic mass is 16.5. The van der Waals surface area contributed by atoms with E-state index in [0.29, 0.717) is 12.2 Å². The summed E-state index contributed by atoms with van der Waals surface area (Å²) in [5.41, 5.74) is 8.02. The molecule has 1 atom stereocenters. The summed E-state index contributed by atoms with van der Waals surface area (Å²) in [7, 11) is 0. The van der Waals surface area contributed by atoms with Crippen LogP contribution in [0.3, 0.4) is 0 Å². The number of hydrogen-bond acceptors (Lipinski definition) is 3. The Hall–Kier alpha value is -2.82. The zero-order chi connectivity index (χ0) is 18.2. The van der Waals surface area contributed by atoms with Gasteiger partial charge in [0.25, 0.3) is 5.91 Å². The Morgan fingerprint density at radius 1 is 0.960 bits per heavy atom. The fourth-order valence-electron chi connectivity index (χ4n) is 2.57. The second-order valence-electron chi connectivity index (χ2n) is 6.22. The summed E-state index contributed by atoms with van der Waals surface area (Å²) in [5.74, 6) is 0.0669. The van der Waals surface area contributed by atoms with E-state index >= 15 is 0 Å². The molecule has 0 aliphatic carbocycles. The van der Waals surface area contributed by atoms with Gasteiger partial charge in [0.1, 0.15) is 5.75 Å². The Labute approximate surface area is 148 Å². The predicted octanol–water partition coefficient (Wildman–Crippen LogP) is 3.02. The van der Waals surface area contributed by atoms with Crippen molar-refractivity contribution >= 4 is 11.8 Å². The topological polar surface area (TPSA) is 67.4 Å². The van der Waals surface area contributed by atoms with Gasteiger partial charge in [-0.1, -0.05) is 43.3 Å². The minimum absolute atomic E-state index is 0.0737. The number of nitrogens with one attached hydrogen (secondary N) is 2. The lowest BCUT2D eigenvalue weighted by Crippen LogP contribution is -2.44. The molecule has 0 unspecified atom stereocenters. The van der Waals surface area contributed by atoms with E-state index in [1.54, 1.807) is 0 Å². The summed E-state index contributed by atoms with van der Waals surface area (Å²) in [6.45, 7) is 5.75. The first kappa shape index (κ1) is 18.5. The maximum atomic E-state index is 11.9. The molecule has 0 saturated carbocycles. The number of benzene rings is 2. The van der Waals surface area contributed by atoms with Crippen LogP contribution >= 0.6 is 0 Å². The van der Waals surface area contributed by atoms with E-state index in [1.165, 1.54) is 0 Å².